The average molecular weight is 507 g/mol. The molecule has 0 N–H and O–H groups in total. The summed E-state index contributed by atoms with van der Waals surface area (Å²) in [4.78, 5) is 30.4. The fourth-order valence-corrected chi connectivity index (χ4v) is 5.56. The Morgan fingerprint density at radius 2 is 1.70 bits per heavy atom. The van der Waals surface area contributed by atoms with Crippen molar-refractivity contribution in [3.63, 3.8) is 0 Å². The van der Waals surface area contributed by atoms with Crippen LogP contribution in [0.25, 0.3) is 6.08 Å². The van der Waals surface area contributed by atoms with Gasteiger partial charge in [-0.2, -0.15) is 0 Å². The molecule has 0 bridgehead atoms. The number of methoxy groups -OCH3 is 3. The first-order chi connectivity index (χ1) is 18.0. The number of imide groups is 1. The highest BCUT2D eigenvalue weighted by Crippen LogP contribution is 2.43. The number of urea groups is 1. The van der Waals surface area contributed by atoms with Crippen LogP contribution in [0.5, 0.6) is 11.5 Å². The number of nitrogens with zero attached hydrogens (tertiary/aromatic N) is 2. The summed E-state index contributed by atoms with van der Waals surface area (Å²) in [5, 5.41) is 0. The predicted octanol–water partition coefficient (Wildman–Crippen LogP) is 5.54. The fourth-order valence-electron chi connectivity index (χ4n) is 5.56. The average Bonchev–Trinajstić information content (AvgIpc) is 3.12. The van der Waals surface area contributed by atoms with Crippen molar-refractivity contribution >= 4 is 18.0 Å². The van der Waals surface area contributed by atoms with Gasteiger partial charge in [-0.1, -0.05) is 36.4 Å². The summed E-state index contributed by atoms with van der Waals surface area (Å²) in [7, 11) is 4.91. The number of hydrogen-bond donors (Lipinski definition) is 0. The Morgan fingerprint density at radius 3 is 2.38 bits per heavy atom. The summed E-state index contributed by atoms with van der Waals surface area (Å²) < 4.78 is 15.8. The molecule has 1 heterocycles. The Hall–Kier alpha value is -3.32. The molecule has 1 aliphatic carbocycles. The maximum atomic E-state index is 13.8. The molecule has 3 amide bonds. The third-order valence-electron chi connectivity index (χ3n) is 7.72. The van der Waals surface area contributed by atoms with Crippen molar-refractivity contribution in [3.05, 3.63) is 65.7 Å². The van der Waals surface area contributed by atoms with Crippen LogP contribution in [0, 0.1) is 5.92 Å². The van der Waals surface area contributed by atoms with E-state index in [2.05, 4.69) is 12.2 Å². The zero-order chi connectivity index (χ0) is 26.3. The third-order valence-corrected chi connectivity index (χ3v) is 7.72. The number of amides is 3. The Kier molecular flexibility index (Phi) is 8.87. The van der Waals surface area contributed by atoms with Gasteiger partial charge in [0.25, 0.3) is 5.91 Å². The van der Waals surface area contributed by atoms with Gasteiger partial charge in [-0.15, -0.1) is 0 Å². The van der Waals surface area contributed by atoms with E-state index in [-0.39, 0.29) is 18.5 Å². The molecular weight excluding hydrogens is 468 g/mol. The third kappa shape index (κ3) is 5.99. The SMILES string of the molecule is COCCN1C(=O)N(Cc2cccc(OC)c2)C(=O)C12CCC(CC/C=C/c1ccc(OC)cc1)CC2. The first-order valence-electron chi connectivity index (χ1n) is 13.1. The molecule has 0 atom stereocenters. The van der Waals surface area contributed by atoms with Gasteiger partial charge in [0.15, 0.2) is 0 Å². The van der Waals surface area contributed by atoms with E-state index in [1.54, 1.807) is 26.2 Å². The Labute approximate surface area is 220 Å². The van der Waals surface area contributed by atoms with Crippen LogP contribution in [0.3, 0.4) is 0 Å². The van der Waals surface area contributed by atoms with E-state index in [9.17, 15) is 9.59 Å². The molecule has 1 spiro atoms. The van der Waals surface area contributed by atoms with Gasteiger partial charge in [-0.25, -0.2) is 4.79 Å². The molecule has 1 saturated carbocycles. The van der Waals surface area contributed by atoms with E-state index in [1.807, 2.05) is 48.5 Å². The lowest BCUT2D eigenvalue weighted by Gasteiger charge is -2.40. The van der Waals surface area contributed by atoms with Crippen LogP contribution in [0.1, 0.15) is 49.7 Å². The number of allylic oxidation sites excluding steroid dienone is 1. The van der Waals surface area contributed by atoms with Gasteiger partial charge in [-0.3, -0.25) is 9.69 Å². The summed E-state index contributed by atoms with van der Waals surface area (Å²) in [6.45, 7) is 1.08. The van der Waals surface area contributed by atoms with E-state index in [1.165, 1.54) is 4.90 Å². The molecule has 0 unspecified atom stereocenters. The Morgan fingerprint density at radius 1 is 0.973 bits per heavy atom. The summed E-state index contributed by atoms with van der Waals surface area (Å²) in [5.41, 5.74) is 1.27. The van der Waals surface area contributed by atoms with Crippen molar-refractivity contribution in [2.75, 3.05) is 34.5 Å². The van der Waals surface area contributed by atoms with Gasteiger partial charge in [-0.05, 0) is 79.8 Å². The van der Waals surface area contributed by atoms with E-state index < -0.39 is 5.54 Å². The number of benzene rings is 2. The van der Waals surface area contributed by atoms with Gasteiger partial charge in [0, 0.05) is 13.7 Å². The van der Waals surface area contributed by atoms with E-state index in [4.69, 9.17) is 14.2 Å². The molecular formula is C30H38N2O5. The van der Waals surface area contributed by atoms with E-state index in [0.717, 1.165) is 42.6 Å². The van der Waals surface area contributed by atoms with Crippen LogP contribution in [-0.2, 0) is 16.1 Å². The van der Waals surface area contributed by atoms with Crippen LogP contribution in [0.2, 0.25) is 0 Å². The minimum atomic E-state index is -0.760. The smallest absolute Gasteiger partial charge is 0.328 e. The quantitative estimate of drug-likeness (QED) is 0.375. The van der Waals surface area contributed by atoms with Crippen LogP contribution in [0.15, 0.2) is 54.6 Å². The van der Waals surface area contributed by atoms with Gasteiger partial charge in [0.05, 0.1) is 27.4 Å². The summed E-state index contributed by atoms with van der Waals surface area (Å²) >= 11 is 0. The first kappa shape index (κ1) is 26.7. The summed E-state index contributed by atoms with van der Waals surface area (Å²) in [6, 6.07) is 15.3. The Bertz CT molecular complexity index is 1090. The molecule has 2 fully saturated rings. The van der Waals surface area contributed by atoms with Gasteiger partial charge in [0.1, 0.15) is 17.0 Å². The topological polar surface area (TPSA) is 68.3 Å². The number of ether oxygens (including phenoxy) is 3. The first-order valence-corrected chi connectivity index (χ1v) is 13.1. The van der Waals surface area contributed by atoms with Gasteiger partial charge >= 0.3 is 6.03 Å². The molecule has 0 radical (unpaired) electrons. The highest BCUT2D eigenvalue weighted by atomic mass is 16.5. The van der Waals surface area contributed by atoms with Crippen molar-refractivity contribution < 1.29 is 23.8 Å². The molecule has 7 nitrogen and oxygen atoms in total. The molecule has 4 rings (SSSR count). The zero-order valence-corrected chi connectivity index (χ0v) is 22.2. The van der Waals surface area contributed by atoms with Gasteiger partial charge in [0.2, 0.25) is 0 Å². The molecule has 1 saturated heterocycles. The lowest BCUT2D eigenvalue weighted by molar-refractivity contribution is -0.135. The van der Waals surface area contributed by atoms with Crippen LogP contribution >= 0.6 is 0 Å². The van der Waals surface area contributed by atoms with Crippen molar-refractivity contribution in [1.82, 2.24) is 9.80 Å². The highest BCUT2D eigenvalue weighted by molar-refractivity contribution is 6.07. The van der Waals surface area contributed by atoms with Crippen molar-refractivity contribution in [2.45, 2.75) is 50.6 Å². The van der Waals surface area contributed by atoms with E-state index in [0.29, 0.717) is 37.7 Å². The second-order valence-corrected chi connectivity index (χ2v) is 9.90. The van der Waals surface area contributed by atoms with Crippen molar-refractivity contribution in [1.29, 1.82) is 0 Å². The fraction of sp³-hybridized carbons (Fsp3) is 0.467. The minimum absolute atomic E-state index is 0.0747. The highest BCUT2D eigenvalue weighted by Gasteiger charge is 2.57. The standard InChI is InChI=1S/C30H38N2O5/c1-35-20-19-32-29(34)31(22-25-9-6-10-27(21-25)37-3)28(33)30(32)17-15-24(16-18-30)8-5-4-7-23-11-13-26(36-2)14-12-23/h4,6-7,9-14,21,24H,5,8,15-20,22H2,1-3H3/b7-4+. The molecule has 2 aromatic carbocycles. The summed E-state index contributed by atoms with van der Waals surface area (Å²) in [6.07, 6.45) is 9.70. The number of carbonyl (C=O) groups excluding carboxylic acids is 2. The molecule has 37 heavy (non-hydrogen) atoms. The number of carbonyl (C=O) groups is 2. The second-order valence-electron chi connectivity index (χ2n) is 9.90. The second kappa shape index (κ2) is 12.3. The molecule has 1 aliphatic heterocycles. The van der Waals surface area contributed by atoms with Crippen LogP contribution in [-0.4, -0.2) is 61.8 Å². The molecule has 7 heteroatoms. The maximum Gasteiger partial charge on any atom is 0.328 e. The maximum absolute atomic E-state index is 13.8. The molecule has 0 aromatic heterocycles. The van der Waals surface area contributed by atoms with Crippen molar-refractivity contribution in [3.8, 4) is 11.5 Å². The van der Waals surface area contributed by atoms with Gasteiger partial charge < -0.3 is 19.1 Å². The van der Waals surface area contributed by atoms with Crippen LogP contribution in [0.4, 0.5) is 4.79 Å². The minimum Gasteiger partial charge on any atom is -0.497 e. The van der Waals surface area contributed by atoms with E-state index >= 15 is 0 Å². The number of rotatable bonds is 11. The largest absolute Gasteiger partial charge is 0.497 e. The lowest BCUT2D eigenvalue weighted by Crippen LogP contribution is -2.52. The zero-order valence-electron chi connectivity index (χ0n) is 22.2. The van der Waals surface area contributed by atoms with Crippen LogP contribution < -0.4 is 9.47 Å². The molecule has 198 valence electrons. The monoisotopic (exact) mass is 506 g/mol. The predicted molar refractivity (Wildman–Crippen MR) is 143 cm³/mol. The molecule has 2 aromatic rings. The number of hydrogen-bond acceptors (Lipinski definition) is 5. The Balaban J connectivity index is 1.38. The normalized spacial score (nSPS) is 21.9. The van der Waals surface area contributed by atoms with Crippen molar-refractivity contribution in [2.24, 2.45) is 5.92 Å². The molecule has 2 aliphatic rings. The summed E-state index contributed by atoms with van der Waals surface area (Å²) in [5.74, 6) is 2.04. The lowest BCUT2D eigenvalue weighted by atomic mass is 9.74.